The molecule has 112 valence electrons. The lowest BCUT2D eigenvalue weighted by atomic mass is 10.3. The summed E-state index contributed by atoms with van der Waals surface area (Å²) in [7, 11) is 0. The summed E-state index contributed by atoms with van der Waals surface area (Å²) in [5, 5.41) is 4.89. The molecule has 8 heteroatoms. The fourth-order valence-corrected chi connectivity index (χ4v) is 2.71. The number of piperazine rings is 1. The van der Waals surface area contributed by atoms with Crippen LogP contribution in [0.1, 0.15) is 19.0 Å². The SMILES string of the molecule is CCC(=O)N1CCN(c2nc3nc(Cl)cc(C)n3n2)CC1. The molecule has 3 rings (SSSR count). The number of hydrogen-bond donors (Lipinski definition) is 0. The fourth-order valence-electron chi connectivity index (χ4n) is 2.48. The van der Waals surface area contributed by atoms with Gasteiger partial charge in [-0.3, -0.25) is 4.79 Å². The zero-order chi connectivity index (χ0) is 15.0. The molecule has 0 radical (unpaired) electrons. The highest BCUT2D eigenvalue weighted by Gasteiger charge is 2.23. The van der Waals surface area contributed by atoms with Crippen LogP contribution in [0.3, 0.4) is 0 Å². The number of rotatable bonds is 2. The maximum atomic E-state index is 11.7. The number of hydrogen-bond acceptors (Lipinski definition) is 5. The number of fused-ring (bicyclic) bond motifs is 1. The Hall–Kier alpha value is -1.89. The van der Waals surface area contributed by atoms with Crippen molar-refractivity contribution in [2.45, 2.75) is 20.3 Å². The highest BCUT2D eigenvalue weighted by Crippen LogP contribution is 2.16. The number of anilines is 1. The number of amides is 1. The molecule has 0 aliphatic carbocycles. The number of nitrogens with zero attached hydrogens (tertiary/aromatic N) is 6. The van der Waals surface area contributed by atoms with Crippen LogP contribution in [0.5, 0.6) is 0 Å². The zero-order valence-corrected chi connectivity index (χ0v) is 12.8. The summed E-state index contributed by atoms with van der Waals surface area (Å²) < 4.78 is 1.69. The second-order valence-electron chi connectivity index (χ2n) is 5.07. The largest absolute Gasteiger partial charge is 0.339 e. The van der Waals surface area contributed by atoms with Gasteiger partial charge in [-0.2, -0.15) is 14.5 Å². The van der Waals surface area contributed by atoms with Crippen molar-refractivity contribution in [3.63, 3.8) is 0 Å². The van der Waals surface area contributed by atoms with Crippen LogP contribution < -0.4 is 4.90 Å². The number of halogens is 1. The third kappa shape index (κ3) is 2.65. The van der Waals surface area contributed by atoms with Gasteiger partial charge in [0.05, 0.1) is 0 Å². The van der Waals surface area contributed by atoms with Crippen LogP contribution in [0.25, 0.3) is 5.78 Å². The van der Waals surface area contributed by atoms with Crippen LogP contribution in [0.4, 0.5) is 5.95 Å². The lowest BCUT2D eigenvalue weighted by Gasteiger charge is -2.33. The number of aryl methyl sites for hydroxylation is 1. The summed E-state index contributed by atoms with van der Waals surface area (Å²) in [5.74, 6) is 1.33. The van der Waals surface area contributed by atoms with Crippen LogP contribution in [-0.2, 0) is 4.79 Å². The lowest BCUT2D eigenvalue weighted by molar-refractivity contribution is -0.131. The van der Waals surface area contributed by atoms with Crippen molar-refractivity contribution < 1.29 is 4.79 Å². The molecule has 0 spiro atoms. The normalized spacial score (nSPS) is 15.8. The Balaban J connectivity index is 1.80. The maximum absolute atomic E-state index is 11.7. The molecular weight excluding hydrogens is 292 g/mol. The Morgan fingerprint density at radius 3 is 2.67 bits per heavy atom. The second-order valence-corrected chi connectivity index (χ2v) is 5.45. The molecule has 0 N–H and O–H groups in total. The molecule has 1 aliphatic rings. The van der Waals surface area contributed by atoms with E-state index < -0.39 is 0 Å². The monoisotopic (exact) mass is 308 g/mol. The van der Waals surface area contributed by atoms with Gasteiger partial charge >= 0.3 is 0 Å². The van der Waals surface area contributed by atoms with Crippen molar-refractivity contribution in [2.75, 3.05) is 31.1 Å². The quantitative estimate of drug-likeness (QED) is 0.779. The number of carbonyl (C=O) groups excluding carboxylic acids is 1. The maximum Gasteiger partial charge on any atom is 0.255 e. The average Bonchev–Trinajstić information content (AvgIpc) is 2.91. The van der Waals surface area contributed by atoms with Crippen molar-refractivity contribution in [3.05, 3.63) is 16.9 Å². The average molecular weight is 309 g/mol. The zero-order valence-electron chi connectivity index (χ0n) is 12.1. The highest BCUT2D eigenvalue weighted by molar-refractivity contribution is 6.29. The van der Waals surface area contributed by atoms with Crippen molar-refractivity contribution in [2.24, 2.45) is 0 Å². The third-order valence-electron chi connectivity index (χ3n) is 3.67. The van der Waals surface area contributed by atoms with Crippen LogP contribution in [0.15, 0.2) is 6.07 Å². The fraction of sp³-hybridized carbons (Fsp3) is 0.538. The van der Waals surface area contributed by atoms with E-state index in [9.17, 15) is 4.79 Å². The molecule has 0 aromatic carbocycles. The minimum absolute atomic E-state index is 0.196. The Kier molecular flexibility index (Phi) is 3.67. The Bertz CT molecular complexity index is 677. The van der Waals surface area contributed by atoms with E-state index in [-0.39, 0.29) is 5.91 Å². The highest BCUT2D eigenvalue weighted by atomic mass is 35.5. The summed E-state index contributed by atoms with van der Waals surface area (Å²) in [6.07, 6.45) is 0.550. The van der Waals surface area contributed by atoms with Gasteiger partial charge in [0.2, 0.25) is 11.9 Å². The molecule has 7 nitrogen and oxygen atoms in total. The van der Waals surface area contributed by atoms with E-state index in [1.54, 1.807) is 10.6 Å². The molecule has 2 aromatic rings. The van der Waals surface area contributed by atoms with Crippen LogP contribution in [-0.4, -0.2) is 56.6 Å². The molecule has 3 heterocycles. The summed E-state index contributed by atoms with van der Waals surface area (Å²) in [4.78, 5) is 24.2. The molecule has 1 fully saturated rings. The van der Waals surface area contributed by atoms with E-state index in [0.717, 1.165) is 18.8 Å². The van der Waals surface area contributed by atoms with Gasteiger partial charge in [-0.1, -0.05) is 18.5 Å². The van der Waals surface area contributed by atoms with Gasteiger partial charge < -0.3 is 9.80 Å². The predicted octanol–water partition coefficient (Wildman–Crippen LogP) is 1.14. The van der Waals surface area contributed by atoms with Crippen molar-refractivity contribution >= 4 is 29.2 Å². The first kappa shape index (κ1) is 14.1. The molecule has 0 unspecified atom stereocenters. The molecule has 0 saturated carbocycles. The van der Waals surface area contributed by atoms with Gasteiger partial charge in [0.25, 0.3) is 5.78 Å². The van der Waals surface area contributed by atoms with Crippen LogP contribution >= 0.6 is 11.6 Å². The first-order chi connectivity index (χ1) is 10.1. The standard InChI is InChI=1S/C13H17ClN6O/c1-3-11(21)18-4-6-19(7-5-18)13-16-12-15-10(14)8-9(2)20(12)17-13/h8H,3-7H2,1-2H3. The first-order valence-corrected chi connectivity index (χ1v) is 7.39. The molecule has 2 aromatic heterocycles. The van der Waals surface area contributed by atoms with E-state index >= 15 is 0 Å². The van der Waals surface area contributed by atoms with E-state index in [4.69, 9.17) is 11.6 Å². The van der Waals surface area contributed by atoms with Gasteiger partial charge in [-0.15, -0.1) is 5.10 Å². The minimum Gasteiger partial charge on any atom is -0.339 e. The second kappa shape index (κ2) is 5.48. The molecule has 0 bridgehead atoms. The third-order valence-corrected chi connectivity index (χ3v) is 3.86. The number of aromatic nitrogens is 4. The first-order valence-electron chi connectivity index (χ1n) is 7.01. The summed E-state index contributed by atoms with van der Waals surface area (Å²) in [5.41, 5.74) is 0.892. The van der Waals surface area contributed by atoms with Crippen LogP contribution in [0, 0.1) is 6.92 Å². The van der Waals surface area contributed by atoms with E-state index in [1.807, 2.05) is 18.7 Å². The summed E-state index contributed by atoms with van der Waals surface area (Å²) >= 11 is 5.94. The van der Waals surface area contributed by atoms with Gasteiger partial charge in [0.1, 0.15) is 5.15 Å². The Labute approximate surface area is 127 Å². The summed E-state index contributed by atoms with van der Waals surface area (Å²) in [6, 6.07) is 1.75. The minimum atomic E-state index is 0.196. The molecule has 1 amide bonds. The van der Waals surface area contributed by atoms with Crippen LogP contribution in [0.2, 0.25) is 5.15 Å². The molecule has 1 aliphatic heterocycles. The van der Waals surface area contributed by atoms with E-state index in [2.05, 4.69) is 20.0 Å². The van der Waals surface area contributed by atoms with Gasteiger partial charge in [0, 0.05) is 38.3 Å². The van der Waals surface area contributed by atoms with Gasteiger partial charge in [-0.05, 0) is 13.0 Å². The molecular formula is C13H17ClN6O. The molecule has 0 atom stereocenters. The molecule has 1 saturated heterocycles. The number of carbonyl (C=O) groups is 1. The Morgan fingerprint density at radius 2 is 2.00 bits per heavy atom. The van der Waals surface area contributed by atoms with Gasteiger partial charge in [-0.25, -0.2) is 0 Å². The van der Waals surface area contributed by atoms with E-state index in [1.165, 1.54) is 0 Å². The van der Waals surface area contributed by atoms with Gasteiger partial charge in [0.15, 0.2) is 0 Å². The van der Waals surface area contributed by atoms with Crippen molar-refractivity contribution in [3.8, 4) is 0 Å². The van der Waals surface area contributed by atoms with Crippen molar-refractivity contribution in [1.29, 1.82) is 0 Å². The topological polar surface area (TPSA) is 66.6 Å². The van der Waals surface area contributed by atoms with E-state index in [0.29, 0.717) is 36.4 Å². The summed E-state index contributed by atoms with van der Waals surface area (Å²) in [6.45, 7) is 6.67. The lowest BCUT2D eigenvalue weighted by Crippen LogP contribution is -2.49. The smallest absolute Gasteiger partial charge is 0.255 e. The van der Waals surface area contributed by atoms with Crippen molar-refractivity contribution in [1.82, 2.24) is 24.5 Å². The Morgan fingerprint density at radius 1 is 1.29 bits per heavy atom. The predicted molar refractivity (Wildman–Crippen MR) is 79.6 cm³/mol. The molecule has 21 heavy (non-hydrogen) atoms.